The first-order valence-corrected chi connectivity index (χ1v) is 13.4. The van der Waals surface area contributed by atoms with E-state index in [-0.39, 0.29) is 11.9 Å². The van der Waals surface area contributed by atoms with Gasteiger partial charge in [0.05, 0.1) is 31.8 Å². The van der Waals surface area contributed by atoms with Crippen LogP contribution in [0.25, 0.3) is 0 Å². The van der Waals surface area contributed by atoms with E-state index in [1.807, 2.05) is 39.0 Å². The molecule has 0 saturated carbocycles. The van der Waals surface area contributed by atoms with E-state index in [9.17, 15) is 9.59 Å². The van der Waals surface area contributed by atoms with Crippen LogP contribution in [0, 0.1) is 0 Å². The predicted octanol–water partition coefficient (Wildman–Crippen LogP) is 3.72. The quantitative estimate of drug-likeness (QED) is 0.476. The summed E-state index contributed by atoms with van der Waals surface area (Å²) in [5.74, 6) is 1.61. The van der Waals surface area contributed by atoms with Gasteiger partial charge in [-0.1, -0.05) is 0 Å². The Morgan fingerprint density at radius 1 is 0.902 bits per heavy atom. The second-order valence-electron chi connectivity index (χ2n) is 10.9. The third-order valence-corrected chi connectivity index (χ3v) is 6.91. The van der Waals surface area contributed by atoms with E-state index in [2.05, 4.69) is 30.1 Å². The third-order valence-electron chi connectivity index (χ3n) is 6.91. The Balaban J connectivity index is 1.26. The number of ether oxygens (including phenoxy) is 3. The molecule has 1 aromatic carbocycles. The lowest BCUT2D eigenvalue weighted by Crippen LogP contribution is -2.50. The molecule has 0 bridgehead atoms. The topological polar surface area (TPSA) is 122 Å². The molecule has 12 nitrogen and oxygen atoms in total. The monoisotopic (exact) mass is 561 g/mol. The van der Waals surface area contributed by atoms with E-state index in [4.69, 9.17) is 14.2 Å². The summed E-state index contributed by atoms with van der Waals surface area (Å²) in [6, 6.07) is 7.58. The first-order valence-electron chi connectivity index (χ1n) is 13.4. The smallest absolute Gasteiger partial charge is 0.410 e. The van der Waals surface area contributed by atoms with Crippen LogP contribution in [-0.2, 0) is 17.8 Å². The fourth-order valence-corrected chi connectivity index (χ4v) is 4.92. The number of fused-ring (bicyclic) bond motifs is 1. The van der Waals surface area contributed by atoms with Gasteiger partial charge in [-0.2, -0.15) is 0 Å². The standard InChI is InChI=1S/C29H35N7O5/c1-29(2,3)41-28(38)35-12-10-34(11-13-35)22-6-8-30-16-21(22)32-27(37)26-31-9-7-25(33-26)36-17-19-14-23(39-4)24(40-5)15-20(19)18-36/h6-9,14-16H,10-13,17-18H2,1-5H3,(H,32,37). The van der Waals surface area contributed by atoms with Crippen LogP contribution in [0.4, 0.5) is 22.0 Å². The van der Waals surface area contributed by atoms with Gasteiger partial charge in [-0.3, -0.25) is 9.78 Å². The Bertz CT molecular complexity index is 1400. The SMILES string of the molecule is COc1cc2c(cc1OC)CN(c1ccnc(C(=O)Nc3cnccc3N3CCN(C(=O)OC(C)(C)C)CC3)n1)C2. The van der Waals surface area contributed by atoms with Crippen molar-refractivity contribution in [1.82, 2.24) is 19.9 Å². The Labute approximate surface area is 239 Å². The molecule has 2 aliphatic rings. The number of hydrogen-bond donors (Lipinski definition) is 1. The van der Waals surface area contributed by atoms with Crippen LogP contribution in [0.5, 0.6) is 11.5 Å². The van der Waals surface area contributed by atoms with Gasteiger partial charge in [0.1, 0.15) is 11.4 Å². The summed E-state index contributed by atoms with van der Waals surface area (Å²) in [7, 11) is 3.23. The molecule has 0 unspecified atom stereocenters. The highest BCUT2D eigenvalue weighted by Gasteiger charge is 2.28. The second-order valence-corrected chi connectivity index (χ2v) is 10.9. The van der Waals surface area contributed by atoms with Gasteiger partial charge in [0.25, 0.3) is 5.91 Å². The number of anilines is 3. The van der Waals surface area contributed by atoms with Crippen LogP contribution < -0.4 is 24.6 Å². The van der Waals surface area contributed by atoms with E-state index in [0.717, 1.165) is 16.8 Å². The zero-order chi connectivity index (χ0) is 29.1. The molecule has 2 amide bonds. The number of hydrogen-bond acceptors (Lipinski definition) is 10. The number of aromatic nitrogens is 3. The van der Waals surface area contributed by atoms with Crippen molar-refractivity contribution in [3.63, 3.8) is 0 Å². The Morgan fingerprint density at radius 3 is 2.17 bits per heavy atom. The molecule has 2 aliphatic heterocycles. The fourth-order valence-electron chi connectivity index (χ4n) is 4.92. The molecule has 0 radical (unpaired) electrons. The van der Waals surface area contributed by atoms with Gasteiger partial charge in [0, 0.05) is 51.7 Å². The second kappa shape index (κ2) is 11.5. The van der Waals surface area contributed by atoms with E-state index in [0.29, 0.717) is 62.3 Å². The van der Waals surface area contributed by atoms with Crippen molar-refractivity contribution in [2.24, 2.45) is 0 Å². The molecular weight excluding hydrogens is 526 g/mol. The molecule has 0 atom stereocenters. The van der Waals surface area contributed by atoms with Gasteiger partial charge in [-0.15, -0.1) is 0 Å². The molecular formula is C29H35N7O5. The molecule has 12 heteroatoms. The zero-order valence-corrected chi connectivity index (χ0v) is 24.0. The zero-order valence-electron chi connectivity index (χ0n) is 24.0. The van der Waals surface area contributed by atoms with E-state index in [1.165, 1.54) is 0 Å². The van der Waals surface area contributed by atoms with Crippen molar-refractivity contribution >= 4 is 29.2 Å². The number of piperazine rings is 1. The highest BCUT2D eigenvalue weighted by molar-refractivity contribution is 6.03. The third kappa shape index (κ3) is 6.26. The average Bonchev–Trinajstić information content (AvgIpc) is 3.39. The number of methoxy groups -OCH3 is 2. The van der Waals surface area contributed by atoms with Crippen molar-refractivity contribution in [2.45, 2.75) is 39.5 Å². The molecule has 0 spiro atoms. The summed E-state index contributed by atoms with van der Waals surface area (Å²) in [5, 5.41) is 2.93. The summed E-state index contributed by atoms with van der Waals surface area (Å²) in [5.41, 5.74) is 3.03. The average molecular weight is 562 g/mol. The van der Waals surface area contributed by atoms with Gasteiger partial charge in [-0.05, 0) is 56.2 Å². The maximum atomic E-state index is 13.3. The maximum Gasteiger partial charge on any atom is 0.410 e. The Hall–Kier alpha value is -4.61. The molecule has 216 valence electrons. The van der Waals surface area contributed by atoms with Crippen molar-refractivity contribution in [3.05, 3.63) is 59.8 Å². The highest BCUT2D eigenvalue weighted by Crippen LogP contribution is 2.36. The van der Waals surface area contributed by atoms with E-state index < -0.39 is 11.5 Å². The van der Waals surface area contributed by atoms with Crippen LogP contribution in [0.15, 0.2) is 42.9 Å². The molecule has 41 heavy (non-hydrogen) atoms. The first-order chi connectivity index (χ1) is 19.6. The van der Waals surface area contributed by atoms with Crippen molar-refractivity contribution < 1.29 is 23.8 Å². The number of nitrogens with one attached hydrogen (secondary N) is 1. The number of carbonyl (C=O) groups excluding carboxylic acids is 2. The van der Waals surface area contributed by atoms with Gasteiger partial charge >= 0.3 is 6.09 Å². The minimum Gasteiger partial charge on any atom is -0.493 e. The van der Waals surface area contributed by atoms with Crippen molar-refractivity contribution in [3.8, 4) is 11.5 Å². The van der Waals surface area contributed by atoms with Gasteiger partial charge in [-0.25, -0.2) is 14.8 Å². The summed E-state index contributed by atoms with van der Waals surface area (Å²) in [4.78, 5) is 44.6. The van der Waals surface area contributed by atoms with Crippen molar-refractivity contribution in [1.29, 1.82) is 0 Å². The summed E-state index contributed by atoms with van der Waals surface area (Å²) in [6.07, 6.45) is 4.55. The first kappa shape index (κ1) is 27.9. The lowest BCUT2D eigenvalue weighted by atomic mass is 10.1. The van der Waals surface area contributed by atoms with Gasteiger partial charge in [0.2, 0.25) is 5.82 Å². The van der Waals surface area contributed by atoms with Crippen LogP contribution in [0.2, 0.25) is 0 Å². The summed E-state index contributed by atoms with van der Waals surface area (Å²) in [6.45, 7) is 8.98. The molecule has 1 saturated heterocycles. The molecule has 3 aromatic rings. The van der Waals surface area contributed by atoms with Crippen LogP contribution in [0.1, 0.15) is 42.5 Å². The van der Waals surface area contributed by atoms with Crippen LogP contribution in [0.3, 0.4) is 0 Å². The predicted molar refractivity (Wildman–Crippen MR) is 154 cm³/mol. The summed E-state index contributed by atoms with van der Waals surface area (Å²) >= 11 is 0. The molecule has 5 rings (SSSR count). The maximum absolute atomic E-state index is 13.3. The van der Waals surface area contributed by atoms with E-state index in [1.54, 1.807) is 43.8 Å². The molecule has 2 aromatic heterocycles. The molecule has 1 fully saturated rings. The minimum absolute atomic E-state index is 0.0539. The fraction of sp³-hybridized carbons (Fsp3) is 0.414. The number of pyridine rings is 1. The normalized spacial score (nSPS) is 14.9. The number of rotatable bonds is 6. The van der Waals surface area contributed by atoms with Gasteiger partial charge in [0.15, 0.2) is 11.5 Å². The molecule has 0 aliphatic carbocycles. The summed E-state index contributed by atoms with van der Waals surface area (Å²) < 4.78 is 16.4. The molecule has 1 N–H and O–H groups in total. The Morgan fingerprint density at radius 2 is 1.56 bits per heavy atom. The largest absolute Gasteiger partial charge is 0.493 e. The van der Waals surface area contributed by atoms with Crippen molar-refractivity contribution in [2.75, 3.05) is 55.5 Å². The van der Waals surface area contributed by atoms with Crippen LogP contribution >= 0.6 is 0 Å². The van der Waals surface area contributed by atoms with Crippen LogP contribution in [-0.4, -0.2) is 77.9 Å². The lowest BCUT2D eigenvalue weighted by molar-refractivity contribution is 0.0240. The highest BCUT2D eigenvalue weighted by atomic mass is 16.6. The number of benzene rings is 1. The van der Waals surface area contributed by atoms with Gasteiger partial charge < -0.3 is 34.2 Å². The van der Waals surface area contributed by atoms with E-state index >= 15 is 0 Å². The number of amides is 2. The lowest BCUT2D eigenvalue weighted by Gasteiger charge is -2.37. The number of carbonyl (C=O) groups is 2. The molecule has 4 heterocycles. The Kier molecular flexibility index (Phi) is 7.82. The number of nitrogens with zero attached hydrogens (tertiary/aromatic N) is 6. The minimum atomic E-state index is -0.546.